The molecular weight excluding hydrogens is 1690 g/mol. The van der Waals surface area contributed by atoms with Gasteiger partial charge in [0.05, 0.1) is 0 Å². The highest BCUT2D eigenvalue weighted by molar-refractivity contribution is 5.93. The number of para-hydroxylation sites is 2. The third-order valence-corrected chi connectivity index (χ3v) is 26.1. The van der Waals surface area contributed by atoms with Gasteiger partial charge in [-0.05, 0) is 248 Å². The fraction of sp³-hybridized carbons (Fsp3) is 0.0294. The van der Waals surface area contributed by atoms with Crippen molar-refractivity contribution in [1.29, 1.82) is 0 Å². The van der Waals surface area contributed by atoms with Crippen LogP contribution in [0.1, 0.15) is 0 Å². The maximum absolute atomic E-state index is 2.28. The normalized spacial score (nSPS) is 10.7. The smallest absolute Gasteiger partial charge is 0.0487 e. The second-order valence-electron chi connectivity index (χ2n) is 34.9. The van der Waals surface area contributed by atoms with Gasteiger partial charge in [0.15, 0.2) is 0 Å². The Labute approximate surface area is 825 Å². The molecule has 0 unspecified atom stereocenters. The van der Waals surface area contributed by atoms with Crippen LogP contribution in [0.3, 0.4) is 0 Å². The molecule has 0 aliphatic carbocycles. The SMILES string of the molecule is CN(c1ccc(-c2cccc(-c3ccccc3)c2)cc1)c1ccc(-c2cccc(-c3ccccc3)c2)cc1.CN(c1ccc(-c2ccccc2)cc1)c1ccccc1-c1cccc(-c2ccccc2)c1.CN(c1ccc(-c2ccccc2)cc1)c1ccccc1-c1ccccc1-c1ccccc1.CN(c1ccc(-c2ccccc2-c2ccccc2)cc1)c1ccc(-c2ccccc2-c2ccccc2)cc1. The standard InChI is InChI=1S/2C37H29N.2C31H25N/c1-38(32-24-20-30(21-25-32)36-18-10-8-16-34(36)28-12-4-2-5-13-28)33-26-22-31(23-27-33)37-19-11-9-17-35(37)29-14-6-3-7-15-29;1-38(36-22-18-30(19-23-36)34-16-8-14-32(26-34)28-10-4-2-5-11-28)37-24-20-31(21-25-37)35-17-9-15-33(27-35)29-12-6-3-7-13-29;1-32(27-22-20-25(21-23-27)24-12-4-2-5-13-24)31-19-11-10-18-30(31)29-17-9-8-16-28(29)26-14-6-3-7-15-26;1-32(29-21-19-26(20-22-29)24-11-4-2-5-12-24)31-18-9-8-17-30(31)28-16-10-15-27(23-28)25-13-6-3-7-14-25/h2*2-27H,1H3;2*2-23H,1H3. The minimum Gasteiger partial charge on any atom is -0.345 e. The lowest BCUT2D eigenvalue weighted by molar-refractivity contribution is 1.21. The maximum Gasteiger partial charge on any atom is 0.0487 e. The third kappa shape index (κ3) is 21.8. The average molecular weight is 1800 g/mol. The second-order valence-corrected chi connectivity index (χ2v) is 34.9. The van der Waals surface area contributed by atoms with E-state index in [-0.39, 0.29) is 0 Å². The molecule has 4 heteroatoms. The van der Waals surface area contributed by atoms with E-state index in [1.165, 1.54) is 167 Å². The maximum atomic E-state index is 2.28. The van der Waals surface area contributed by atoms with Gasteiger partial charge in [0.25, 0.3) is 0 Å². The van der Waals surface area contributed by atoms with E-state index in [0.717, 1.165) is 34.1 Å². The summed E-state index contributed by atoms with van der Waals surface area (Å²) in [4.78, 5) is 9.00. The van der Waals surface area contributed by atoms with Crippen LogP contribution in [0.15, 0.2) is 582 Å². The summed E-state index contributed by atoms with van der Waals surface area (Å²) in [5, 5.41) is 0. The first kappa shape index (κ1) is 91.2. The first-order valence-corrected chi connectivity index (χ1v) is 47.9. The van der Waals surface area contributed by atoms with Crippen LogP contribution in [0.25, 0.3) is 156 Å². The zero-order chi connectivity index (χ0) is 95.0. The number of nitrogens with zero attached hydrogens (tertiary/aromatic N) is 4. The van der Waals surface area contributed by atoms with Crippen LogP contribution in [-0.2, 0) is 0 Å². The minimum atomic E-state index is 1.16. The van der Waals surface area contributed by atoms with E-state index < -0.39 is 0 Å². The Morgan fingerprint density at radius 1 is 0.0929 bits per heavy atom. The lowest BCUT2D eigenvalue weighted by atomic mass is 9.93. The van der Waals surface area contributed by atoms with Gasteiger partial charge in [0, 0.05) is 84.8 Å². The van der Waals surface area contributed by atoms with E-state index in [2.05, 4.69) is 630 Å². The molecule has 140 heavy (non-hydrogen) atoms. The minimum absolute atomic E-state index is 1.16. The van der Waals surface area contributed by atoms with Crippen molar-refractivity contribution in [2.24, 2.45) is 0 Å². The molecular formula is C136H108N4. The first-order chi connectivity index (χ1) is 69.1. The summed E-state index contributed by atoms with van der Waals surface area (Å²) in [7, 11) is 8.52. The fourth-order valence-corrected chi connectivity index (χ4v) is 18.4. The molecule has 22 aromatic rings. The van der Waals surface area contributed by atoms with Crippen LogP contribution in [0.4, 0.5) is 45.5 Å². The molecule has 0 bridgehead atoms. The summed E-state index contributed by atoms with van der Waals surface area (Å²) < 4.78 is 0. The summed E-state index contributed by atoms with van der Waals surface area (Å²) in [6.07, 6.45) is 0. The summed E-state index contributed by atoms with van der Waals surface area (Å²) >= 11 is 0. The Morgan fingerprint density at radius 2 is 0.243 bits per heavy atom. The number of anilines is 8. The van der Waals surface area contributed by atoms with Gasteiger partial charge in [0.2, 0.25) is 0 Å². The molecule has 0 saturated heterocycles. The molecule has 0 aliphatic rings. The molecule has 0 saturated carbocycles. The Kier molecular flexibility index (Phi) is 29.0. The lowest BCUT2D eigenvalue weighted by Gasteiger charge is -2.24. The number of benzene rings is 22. The number of rotatable bonds is 22. The van der Waals surface area contributed by atoms with Crippen molar-refractivity contribution in [3.05, 3.63) is 582 Å². The van der Waals surface area contributed by atoms with Gasteiger partial charge in [-0.15, -0.1) is 0 Å². The van der Waals surface area contributed by atoms with E-state index >= 15 is 0 Å². The highest BCUT2D eigenvalue weighted by atomic mass is 15.1. The predicted octanol–water partition coefficient (Wildman–Crippen LogP) is 37.2. The first-order valence-electron chi connectivity index (χ1n) is 47.9. The van der Waals surface area contributed by atoms with Gasteiger partial charge in [-0.1, -0.05) is 479 Å². The number of hydrogen-bond acceptors (Lipinski definition) is 4. The zero-order valence-electron chi connectivity index (χ0n) is 79.2. The Hall–Kier alpha value is -18.0. The Bertz CT molecular complexity index is 7490. The van der Waals surface area contributed by atoms with Gasteiger partial charge in [-0.25, -0.2) is 0 Å². The van der Waals surface area contributed by atoms with Crippen LogP contribution < -0.4 is 19.6 Å². The van der Waals surface area contributed by atoms with Crippen molar-refractivity contribution in [3.8, 4) is 156 Å². The Balaban J connectivity index is 0.000000119. The van der Waals surface area contributed by atoms with E-state index in [4.69, 9.17) is 0 Å². The molecule has 0 amide bonds. The molecule has 22 rings (SSSR count). The largest absolute Gasteiger partial charge is 0.345 e. The summed E-state index contributed by atoms with van der Waals surface area (Å²) in [5.41, 5.74) is 43.8. The van der Waals surface area contributed by atoms with Crippen LogP contribution in [0, 0.1) is 0 Å². The van der Waals surface area contributed by atoms with Gasteiger partial charge in [0.1, 0.15) is 0 Å². The Morgan fingerprint density at radius 3 is 0.514 bits per heavy atom. The topological polar surface area (TPSA) is 13.0 Å². The summed E-state index contributed by atoms with van der Waals surface area (Å²) in [6.45, 7) is 0. The highest BCUT2D eigenvalue weighted by Crippen LogP contribution is 2.44. The molecule has 672 valence electrons. The molecule has 22 aromatic carbocycles. The zero-order valence-corrected chi connectivity index (χ0v) is 79.2. The molecule has 0 aromatic heterocycles. The van der Waals surface area contributed by atoms with E-state index in [9.17, 15) is 0 Å². The van der Waals surface area contributed by atoms with Crippen molar-refractivity contribution in [1.82, 2.24) is 0 Å². The molecule has 0 fully saturated rings. The molecule has 0 heterocycles. The van der Waals surface area contributed by atoms with Gasteiger partial charge in [-0.3, -0.25) is 0 Å². The molecule has 0 atom stereocenters. The molecule has 4 nitrogen and oxygen atoms in total. The predicted molar refractivity (Wildman–Crippen MR) is 600 cm³/mol. The van der Waals surface area contributed by atoms with Gasteiger partial charge in [-0.2, -0.15) is 0 Å². The molecule has 0 spiro atoms. The monoisotopic (exact) mass is 1800 g/mol. The van der Waals surface area contributed by atoms with Crippen molar-refractivity contribution in [2.75, 3.05) is 47.8 Å². The van der Waals surface area contributed by atoms with E-state index in [1.54, 1.807) is 0 Å². The van der Waals surface area contributed by atoms with Crippen LogP contribution >= 0.6 is 0 Å². The van der Waals surface area contributed by atoms with Crippen LogP contribution in [0.2, 0.25) is 0 Å². The van der Waals surface area contributed by atoms with Crippen molar-refractivity contribution in [2.45, 2.75) is 0 Å². The fourth-order valence-electron chi connectivity index (χ4n) is 18.4. The van der Waals surface area contributed by atoms with Crippen molar-refractivity contribution < 1.29 is 0 Å². The lowest BCUT2D eigenvalue weighted by Crippen LogP contribution is -2.10. The highest BCUT2D eigenvalue weighted by Gasteiger charge is 2.19. The number of hydrogen-bond donors (Lipinski definition) is 0. The van der Waals surface area contributed by atoms with E-state index in [1.807, 2.05) is 0 Å². The molecule has 0 aliphatic heterocycles. The van der Waals surface area contributed by atoms with Gasteiger partial charge < -0.3 is 19.6 Å². The quantitative estimate of drug-likeness (QED) is 0.0670. The van der Waals surface area contributed by atoms with Gasteiger partial charge >= 0.3 is 0 Å². The van der Waals surface area contributed by atoms with Crippen molar-refractivity contribution in [3.63, 3.8) is 0 Å². The van der Waals surface area contributed by atoms with Crippen molar-refractivity contribution >= 4 is 45.5 Å². The summed E-state index contributed by atoms with van der Waals surface area (Å²) in [5.74, 6) is 0. The van der Waals surface area contributed by atoms with Crippen LogP contribution in [-0.4, -0.2) is 28.2 Å². The van der Waals surface area contributed by atoms with E-state index in [0.29, 0.717) is 0 Å². The second kappa shape index (κ2) is 44.5. The van der Waals surface area contributed by atoms with Crippen LogP contribution in [0.5, 0.6) is 0 Å². The summed E-state index contributed by atoms with van der Waals surface area (Å²) in [6, 6.07) is 207. The third-order valence-electron chi connectivity index (χ3n) is 26.1. The molecule has 0 radical (unpaired) electrons. The molecule has 0 N–H and O–H groups in total. The average Bonchev–Trinajstić information content (AvgIpc) is 0.788.